The number of carbonyl (C=O) groups excluding carboxylic acids is 3. The summed E-state index contributed by atoms with van der Waals surface area (Å²) in [6.45, 7) is 6.09. The van der Waals surface area contributed by atoms with Crippen molar-refractivity contribution < 1.29 is 28.6 Å². The number of carbonyl (C=O) groups is 3. The molecule has 0 saturated carbocycles. The van der Waals surface area contributed by atoms with E-state index in [1.54, 1.807) is 0 Å². The fourth-order valence-electron chi connectivity index (χ4n) is 5.71. The first kappa shape index (κ1) is 58.0. The number of hydrogen-bond donors (Lipinski definition) is 0. The minimum atomic E-state index is -0.844. The van der Waals surface area contributed by atoms with Gasteiger partial charge in [-0.3, -0.25) is 14.4 Å². The van der Waals surface area contributed by atoms with Crippen LogP contribution in [-0.4, -0.2) is 37.2 Å². The van der Waals surface area contributed by atoms with Gasteiger partial charge in [-0.25, -0.2) is 0 Å². The zero-order valence-electron chi connectivity index (χ0n) is 39.5. The Morgan fingerprint density at radius 1 is 0.333 bits per heavy atom. The first-order chi connectivity index (χ1) is 31.0. The molecule has 0 aliphatic carbocycles. The van der Waals surface area contributed by atoms with Crippen LogP contribution in [0, 0.1) is 0 Å². The Hall–Kier alpha value is -4.97. The second-order valence-electron chi connectivity index (χ2n) is 15.1. The molecule has 0 rings (SSSR count). The Morgan fingerprint density at radius 3 is 1.14 bits per heavy atom. The fraction of sp³-hybridized carbons (Fsp3) is 0.491. The van der Waals surface area contributed by atoms with Crippen LogP contribution in [0.5, 0.6) is 0 Å². The van der Waals surface area contributed by atoms with Gasteiger partial charge in [0.05, 0.1) is 0 Å². The van der Waals surface area contributed by atoms with Gasteiger partial charge in [0, 0.05) is 19.3 Å². The molecule has 0 aliphatic heterocycles. The summed E-state index contributed by atoms with van der Waals surface area (Å²) in [6, 6.07) is 0. The van der Waals surface area contributed by atoms with Crippen LogP contribution in [-0.2, 0) is 28.6 Å². The predicted octanol–water partition coefficient (Wildman–Crippen LogP) is 15.9. The van der Waals surface area contributed by atoms with Gasteiger partial charge in [-0.2, -0.15) is 0 Å². The summed E-state index contributed by atoms with van der Waals surface area (Å²) < 4.78 is 16.6. The largest absolute Gasteiger partial charge is 0.462 e. The summed E-state index contributed by atoms with van der Waals surface area (Å²) in [4.78, 5) is 37.9. The molecule has 0 N–H and O–H groups in total. The third kappa shape index (κ3) is 47.9. The van der Waals surface area contributed by atoms with Crippen molar-refractivity contribution in [1.82, 2.24) is 0 Å². The number of hydrogen-bond acceptors (Lipinski definition) is 6. The first-order valence-corrected chi connectivity index (χ1v) is 24.1. The fourth-order valence-corrected chi connectivity index (χ4v) is 5.71. The van der Waals surface area contributed by atoms with Crippen molar-refractivity contribution in [2.24, 2.45) is 0 Å². The van der Waals surface area contributed by atoms with Gasteiger partial charge in [0.15, 0.2) is 6.10 Å². The Morgan fingerprint density at radius 2 is 0.667 bits per heavy atom. The first-order valence-electron chi connectivity index (χ1n) is 24.1. The Balaban J connectivity index is 4.58. The van der Waals surface area contributed by atoms with Crippen molar-refractivity contribution in [3.8, 4) is 0 Å². The summed E-state index contributed by atoms with van der Waals surface area (Å²) in [7, 11) is 0. The molecule has 0 saturated heterocycles. The number of rotatable bonds is 40. The predicted molar refractivity (Wildman–Crippen MR) is 269 cm³/mol. The molecule has 0 aromatic carbocycles. The SMILES string of the molecule is CC\C=C/C=C\C=C/C=C\C=C/CCCC(=O)OC(COC(=O)CCCCC\C=C/C=C\C=C/C=C\CC)COC(=O)CCCCCCCC/C=C\C/C=C\C/C=C\C/C=C\CC. The third-order valence-corrected chi connectivity index (χ3v) is 9.23. The molecule has 6 heteroatoms. The minimum absolute atomic E-state index is 0.135. The summed E-state index contributed by atoms with van der Waals surface area (Å²) in [5.74, 6) is -1.08. The van der Waals surface area contributed by atoms with Gasteiger partial charge in [-0.15, -0.1) is 0 Å². The molecule has 0 aromatic rings. The summed E-state index contributed by atoms with van der Waals surface area (Å²) in [6.07, 6.45) is 72.3. The summed E-state index contributed by atoms with van der Waals surface area (Å²) >= 11 is 0. The van der Waals surface area contributed by atoms with Crippen molar-refractivity contribution in [3.05, 3.63) is 158 Å². The molecule has 6 nitrogen and oxygen atoms in total. The molecule has 0 spiro atoms. The van der Waals surface area contributed by atoms with Crippen LogP contribution in [0.1, 0.15) is 162 Å². The van der Waals surface area contributed by atoms with Gasteiger partial charge in [-0.05, 0) is 89.9 Å². The molecular formula is C57H84O6. The smallest absolute Gasteiger partial charge is 0.306 e. The lowest BCUT2D eigenvalue weighted by atomic mass is 10.1. The van der Waals surface area contributed by atoms with E-state index in [1.165, 1.54) is 12.8 Å². The Bertz CT molecular complexity index is 1510. The molecule has 0 radical (unpaired) electrons. The van der Waals surface area contributed by atoms with Crippen LogP contribution in [0.2, 0.25) is 0 Å². The molecule has 0 fully saturated rings. The van der Waals surface area contributed by atoms with Crippen LogP contribution in [0.15, 0.2) is 158 Å². The zero-order chi connectivity index (χ0) is 45.8. The van der Waals surface area contributed by atoms with E-state index >= 15 is 0 Å². The molecule has 0 amide bonds. The van der Waals surface area contributed by atoms with E-state index in [1.807, 2.05) is 91.1 Å². The van der Waals surface area contributed by atoms with E-state index in [-0.39, 0.29) is 38.0 Å². The molecule has 63 heavy (non-hydrogen) atoms. The second-order valence-corrected chi connectivity index (χ2v) is 15.1. The average molecular weight is 865 g/mol. The number of unbranched alkanes of at least 4 members (excludes halogenated alkanes) is 10. The van der Waals surface area contributed by atoms with Crippen LogP contribution < -0.4 is 0 Å². The van der Waals surface area contributed by atoms with Gasteiger partial charge >= 0.3 is 17.9 Å². The van der Waals surface area contributed by atoms with E-state index in [4.69, 9.17) is 14.2 Å². The van der Waals surface area contributed by atoms with E-state index in [2.05, 4.69) is 87.6 Å². The van der Waals surface area contributed by atoms with Crippen LogP contribution in [0.25, 0.3) is 0 Å². The minimum Gasteiger partial charge on any atom is -0.462 e. The zero-order valence-corrected chi connectivity index (χ0v) is 39.5. The molecule has 1 unspecified atom stereocenters. The lowest BCUT2D eigenvalue weighted by Gasteiger charge is -2.18. The van der Waals surface area contributed by atoms with Crippen LogP contribution in [0.4, 0.5) is 0 Å². The maximum absolute atomic E-state index is 12.7. The molecule has 0 heterocycles. The molecule has 0 aromatic heterocycles. The van der Waals surface area contributed by atoms with E-state index in [9.17, 15) is 14.4 Å². The summed E-state index contributed by atoms with van der Waals surface area (Å²) in [5, 5.41) is 0. The topological polar surface area (TPSA) is 78.9 Å². The van der Waals surface area contributed by atoms with Gasteiger partial charge in [0.1, 0.15) is 13.2 Å². The van der Waals surface area contributed by atoms with E-state index in [0.29, 0.717) is 25.7 Å². The lowest BCUT2D eigenvalue weighted by molar-refractivity contribution is -0.167. The van der Waals surface area contributed by atoms with Crippen molar-refractivity contribution >= 4 is 17.9 Å². The van der Waals surface area contributed by atoms with Gasteiger partial charge in [0.2, 0.25) is 0 Å². The maximum Gasteiger partial charge on any atom is 0.306 e. The molecule has 0 aliphatic rings. The van der Waals surface area contributed by atoms with Crippen molar-refractivity contribution in [2.75, 3.05) is 13.2 Å². The van der Waals surface area contributed by atoms with Crippen molar-refractivity contribution in [1.29, 1.82) is 0 Å². The highest BCUT2D eigenvalue weighted by atomic mass is 16.6. The Labute approximate surface area is 384 Å². The van der Waals surface area contributed by atoms with Crippen molar-refractivity contribution in [3.63, 3.8) is 0 Å². The molecule has 348 valence electrons. The number of allylic oxidation sites excluding steroid dienone is 26. The lowest BCUT2D eigenvalue weighted by Crippen LogP contribution is -2.30. The van der Waals surface area contributed by atoms with E-state index < -0.39 is 12.1 Å². The Kier molecular flexibility index (Phi) is 45.8. The third-order valence-electron chi connectivity index (χ3n) is 9.23. The quantitative estimate of drug-likeness (QED) is 0.0201. The van der Waals surface area contributed by atoms with Gasteiger partial charge in [0.25, 0.3) is 0 Å². The van der Waals surface area contributed by atoms with Gasteiger partial charge < -0.3 is 14.2 Å². The normalized spacial score (nSPS) is 13.5. The number of esters is 3. The van der Waals surface area contributed by atoms with E-state index in [0.717, 1.165) is 89.9 Å². The molecule has 0 bridgehead atoms. The van der Waals surface area contributed by atoms with Gasteiger partial charge in [-0.1, -0.05) is 211 Å². The highest BCUT2D eigenvalue weighted by molar-refractivity contribution is 5.71. The highest BCUT2D eigenvalue weighted by Gasteiger charge is 2.19. The molecular weight excluding hydrogens is 781 g/mol. The molecule has 1 atom stereocenters. The van der Waals surface area contributed by atoms with Crippen molar-refractivity contribution in [2.45, 2.75) is 168 Å². The van der Waals surface area contributed by atoms with Crippen LogP contribution in [0.3, 0.4) is 0 Å². The monoisotopic (exact) mass is 865 g/mol. The maximum atomic E-state index is 12.7. The van der Waals surface area contributed by atoms with Crippen LogP contribution >= 0.6 is 0 Å². The standard InChI is InChI=1S/C57H84O6/c1-4-7-10-13-16-19-22-25-26-27-28-29-30-33-35-38-41-44-47-50-56(59)62-53-54(63-57(60)51-48-45-42-39-36-32-24-21-18-15-12-9-6-3)52-61-55(58)49-46-43-40-37-34-31-23-20-17-14-11-8-5-2/h7-12,14-21,23-26,28-29,31-32,34,36,39,42,54H,4-6,13,22,27,30,33,35,37-38,40-41,43-53H2,1-3H3/b10-7-,11-8-,12-9-,17-14-,18-15-,19-16-,23-20-,24-21-,26-25-,29-28-,34-31-,36-32-,42-39-. The number of ether oxygens (including phenoxy) is 3. The highest BCUT2D eigenvalue weighted by Crippen LogP contribution is 2.11. The second kappa shape index (κ2) is 49.7. The average Bonchev–Trinajstić information content (AvgIpc) is 3.28. The summed E-state index contributed by atoms with van der Waals surface area (Å²) in [5.41, 5.74) is 0.